The minimum absolute atomic E-state index is 0.0217. The van der Waals surface area contributed by atoms with Crippen molar-refractivity contribution in [1.82, 2.24) is 19.6 Å². The number of fused-ring (bicyclic) bond motifs is 2. The molecule has 2 aromatic heterocycles. The highest BCUT2D eigenvalue weighted by atomic mass is 35.5. The molecule has 0 aliphatic carbocycles. The van der Waals surface area contributed by atoms with Crippen LogP contribution in [0, 0.1) is 0 Å². The Balaban J connectivity index is 1.45. The molecule has 4 aromatic rings. The molecule has 188 valence electrons. The average molecular weight is 565 g/mol. The maximum atomic E-state index is 13.7. The Morgan fingerprint density at radius 2 is 1.92 bits per heavy atom. The summed E-state index contributed by atoms with van der Waals surface area (Å²) >= 11 is 13.9. The first kappa shape index (κ1) is 25.0. The number of carbonyl (C=O) groups is 1. The molecule has 8 nitrogen and oxygen atoms in total. The summed E-state index contributed by atoms with van der Waals surface area (Å²) in [5.41, 5.74) is 9.47. The second-order valence-corrected chi connectivity index (χ2v) is 12.2. The molecule has 4 N–H and O–H groups in total. The monoisotopic (exact) mass is 563 g/mol. The lowest BCUT2D eigenvalue weighted by Crippen LogP contribution is -2.50. The highest BCUT2D eigenvalue weighted by Crippen LogP contribution is 2.31. The van der Waals surface area contributed by atoms with Crippen LogP contribution in [0.4, 0.5) is 5.69 Å². The number of halogens is 2. The van der Waals surface area contributed by atoms with Crippen molar-refractivity contribution in [3.8, 4) is 0 Å². The summed E-state index contributed by atoms with van der Waals surface area (Å²) in [6.07, 6.45) is 3.20. The van der Waals surface area contributed by atoms with Crippen LogP contribution in [-0.2, 0) is 34.1 Å². The average Bonchev–Trinajstić information content (AvgIpc) is 3.46. The van der Waals surface area contributed by atoms with E-state index in [1.165, 1.54) is 22.6 Å². The summed E-state index contributed by atoms with van der Waals surface area (Å²) in [5.74, 6) is -0.288. The van der Waals surface area contributed by atoms with Gasteiger partial charge in [-0.2, -0.15) is 4.72 Å². The highest BCUT2D eigenvalue weighted by molar-refractivity contribution is 7.89. The summed E-state index contributed by atoms with van der Waals surface area (Å²) in [6, 6.07) is 9.05. The number of nitrogen functional groups attached to an aromatic ring is 1. The van der Waals surface area contributed by atoms with Gasteiger partial charge in [0.2, 0.25) is 15.9 Å². The number of carbonyl (C=O) groups excluding carboxylic acids is 1. The third kappa shape index (κ3) is 5.09. The number of nitrogens with zero attached hydrogens (tertiary/aromatic N) is 2. The normalized spacial score (nSPS) is 15.0. The molecule has 1 atom stereocenters. The van der Waals surface area contributed by atoms with Gasteiger partial charge in [0, 0.05) is 18.0 Å². The third-order valence-electron chi connectivity index (χ3n) is 6.29. The molecule has 1 aliphatic rings. The fourth-order valence-corrected chi connectivity index (χ4v) is 7.13. The number of thiophene rings is 1. The molecular formula is C24H23Cl2N5O3S2. The zero-order chi connectivity index (χ0) is 25.4. The molecule has 5 rings (SSSR count). The second kappa shape index (κ2) is 10.0. The van der Waals surface area contributed by atoms with Gasteiger partial charge in [0.15, 0.2) is 0 Å². The maximum absolute atomic E-state index is 13.7. The van der Waals surface area contributed by atoms with Crippen molar-refractivity contribution in [2.75, 3.05) is 18.8 Å². The van der Waals surface area contributed by atoms with Crippen LogP contribution < -0.4 is 10.5 Å². The van der Waals surface area contributed by atoms with Crippen molar-refractivity contribution in [3.05, 3.63) is 74.2 Å². The number of H-pyrrole nitrogens is 1. The van der Waals surface area contributed by atoms with Gasteiger partial charge >= 0.3 is 0 Å². The predicted molar refractivity (Wildman–Crippen MR) is 143 cm³/mol. The third-order valence-corrected chi connectivity index (χ3v) is 9.39. The van der Waals surface area contributed by atoms with Crippen LogP contribution in [0.15, 0.2) is 53.0 Å². The highest BCUT2D eigenvalue weighted by Gasteiger charge is 2.31. The van der Waals surface area contributed by atoms with Crippen LogP contribution in [0.3, 0.4) is 0 Å². The van der Waals surface area contributed by atoms with Crippen molar-refractivity contribution in [2.45, 2.75) is 30.2 Å². The van der Waals surface area contributed by atoms with Crippen LogP contribution in [-0.4, -0.2) is 48.3 Å². The molecule has 0 saturated carbocycles. The Morgan fingerprint density at radius 3 is 2.69 bits per heavy atom. The van der Waals surface area contributed by atoms with Crippen LogP contribution >= 0.6 is 34.5 Å². The van der Waals surface area contributed by atoms with Crippen LogP contribution in [0.1, 0.15) is 16.0 Å². The fourth-order valence-electron chi connectivity index (χ4n) is 4.34. The number of aromatic nitrogens is 2. The van der Waals surface area contributed by atoms with E-state index in [0.717, 1.165) is 29.4 Å². The molecule has 12 heteroatoms. The van der Waals surface area contributed by atoms with Gasteiger partial charge in [-0.25, -0.2) is 13.4 Å². The Labute approximate surface area is 222 Å². The number of hydrogen-bond donors (Lipinski definition) is 3. The van der Waals surface area contributed by atoms with E-state index in [9.17, 15) is 13.2 Å². The van der Waals surface area contributed by atoms with Gasteiger partial charge in [-0.1, -0.05) is 29.3 Å². The summed E-state index contributed by atoms with van der Waals surface area (Å²) in [5, 5.41) is 2.11. The van der Waals surface area contributed by atoms with Crippen molar-refractivity contribution < 1.29 is 13.2 Å². The Hall–Kier alpha value is -2.63. The lowest BCUT2D eigenvalue weighted by molar-refractivity contribution is -0.132. The molecular weight excluding hydrogens is 541 g/mol. The van der Waals surface area contributed by atoms with Gasteiger partial charge in [-0.05, 0) is 66.1 Å². The standard InChI is InChI=1S/C24H23Cl2N5O3S2/c25-17-11-16(12-18(26)23(17)27)36(33,34)30-21(10-14-1-2-19-20(9-14)29-13-28-19)24(32)31-6-3-15-5-8-35-22(15)4-7-31/h1-2,5,8-9,11-13,21,30H,3-4,6-7,10,27H2,(H,28,29). The van der Waals surface area contributed by atoms with E-state index in [2.05, 4.69) is 26.1 Å². The molecule has 1 aliphatic heterocycles. The quantitative estimate of drug-likeness (QED) is 0.306. The Kier molecular flexibility index (Phi) is 6.97. The van der Waals surface area contributed by atoms with Crippen LogP contribution in [0.2, 0.25) is 10.0 Å². The SMILES string of the molecule is Nc1c(Cl)cc(S(=O)(=O)NC(Cc2ccc3[nH]cnc3c2)C(=O)N2CCc3ccsc3CC2)cc1Cl. The number of amides is 1. The molecule has 2 aromatic carbocycles. The number of nitrogens with one attached hydrogen (secondary N) is 2. The zero-order valence-corrected chi connectivity index (χ0v) is 22.1. The molecule has 1 unspecified atom stereocenters. The first-order chi connectivity index (χ1) is 17.2. The second-order valence-electron chi connectivity index (χ2n) is 8.63. The Bertz CT molecular complexity index is 1500. The van der Waals surface area contributed by atoms with Gasteiger partial charge in [0.1, 0.15) is 6.04 Å². The van der Waals surface area contributed by atoms with Gasteiger partial charge in [-0.15, -0.1) is 11.3 Å². The Morgan fingerprint density at radius 1 is 1.17 bits per heavy atom. The molecule has 0 saturated heterocycles. The smallest absolute Gasteiger partial charge is 0.241 e. The number of anilines is 1. The van der Waals surface area contributed by atoms with Crippen molar-refractivity contribution in [3.63, 3.8) is 0 Å². The molecule has 0 spiro atoms. The van der Waals surface area contributed by atoms with Crippen molar-refractivity contribution in [1.29, 1.82) is 0 Å². The molecule has 1 amide bonds. The summed E-state index contributed by atoms with van der Waals surface area (Å²) < 4.78 is 29.3. The largest absolute Gasteiger partial charge is 0.396 e. The molecule has 36 heavy (non-hydrogen) atoms. The van der Waals surface area contributed by atoms with E-state index in [0.29, 0.717) is 13.1 Å². The number of sulfonamides is 1. The van der Waals surface area contributed by atoms with E-state index >= 15 is 0 Å². The topological polar surface area (TPSA) is 121 Å². The maximum Gasteiger partial charge on any atom is 0.241 e. The van der Waals surface area contributed by atoms with E-state index in [4.69, 9.17) is 28.9 Å². The molecule has 0 radical (unpaired) electrons. The number of benzene rings is 2. The number of rotatable bonds is 6. The van der Waals surface area contributed by atoms with Crippen molar-refractivity contribution in [2.24, 2.45) is 0 Å². The first-order valence-electron chi connectivity index (χ1n) is 11.2. The first-order valence-corrected chi connectivity index (χ1v) is 14.4. The summed E-state index contributed by atoms with van der Waals surface area (Å²) in [7, 11) is -4.15. The van der Waals surface area contributed by atoms with Gasteiger partial charge < -0.3 is 15.6 Å². The van der Waals surface area contributed by atoms with Crippen molar-refractivity contribution >= 4 is 67.2 Å². The summed E-state index contributed by atoms with van der Waals surface area (Å²) in [4.78, 5) is 23.9. The number of aromatic amines is 1. The molecule has 3 heterocycles. The van der Waals surface area contributed by atoms with Gasteiger partial charge in [-0.3, -0.25) is 4.79 Å². The predicted octanol–water partition coefficient (Wildman–Crippen LogP) is 4.03. The van der Waals surface area contributed by atoms with Gasteiger partial charge in [0.05, 0.1) is 38.0 Å². The minimum atomic E-state index is -4.15. The lowest BCUT2D eigenvalue weighted by atomic mass is 10.0. The van der Waals surface area contributed by atoms with Crippen LogP contribution in [0.5, 0.6) is 0 Å². The van der Waals surface area contributed by atoms with Crippen LogP contribution in [0.25, 0.3) is 11.0 Å². The lowest BCUT2D eigenvalue weighted by Gasteiger charge is -2.27. The molecule has 0 fully saturated rings. The zero-order valence-electron chi connectivity index (χ0n) is 19.0. The van der Waals surface area contributed by atoms with E-state index < -0.39 is 16.1 Å². The number of hydrogen-bond acceptors (Lipinski definition) is 6. The van der Waals surface area contributed by atoms with E-state index in [-0.39, 0.29) is 33.0 Å². The summed E-state index contributed by atoms with van der Waals surface area (Å²) in [6.45, 7) is 1.03. The molecule has 0 bridgehead atoms. The van der Waals surface area contributed by atoms with Gasteiger partial charge in [0.25, 0.3) is 0 Å². The fraction of sp³-hybridized carbons (Fsp3) is 0.250. The minimum Gasteiger partial charge on any atom is -0.396 e. The number of imidazole rings is 1. The van der Waals surface area contributed by atoms with E-state index in [1.54, 1.807) is 22.6 Å². The number of nitrogens with two attached hydrogens (primary N) is 1. The van der Waals surface area contributed by atoms with E-state index in [1.807, 2.05) is 18.2 Å².